The lowest BCUT2D eigenvalue weighted by atomic mass is 9.93. The van der Waals surface area contributed by atoms with Crippen molar-refractivity contribution in [1.82, 2.24) is 19.4 Å². The van der Waals surface area contributed by atoms with Gasteiger partial charge in [0.25, 0.3) is 5.56 Å². The maximum Gasteiger partial charge on any atom is 0.407 e. The molecule has 10 nitrogen and oxygen atoms in total. The van der Waals surface area contributed by atoms with Crippen molar-refractivity contribution >= 4 is 17.0 Å². The summed E-state index contributed by atoms with van der Waals surface area (Å²) in [6, 6.07) is 11.1. The molecule has 1 fully saturated rings. The van der Waals surface area contributed by atoms with Gasteiger partial charge in [-0.2, -0.15) is 5.26 Å². The van der Waals surface area contributed by atoms with E-state index in [0.29, 0.717) is 55.4 Å². The lowest BCUT2D eigenvalue weighted by molar-refractivity contribution is 0.0837. The molecule has 190 valence electrons. The number of benzene rings is 1. The Bertz CT molecular complexity index is 1470. The number of rotatable bonds is 5. The number of aromatic nitrogens is 2. The Morgan fingerprint density at radius 2 is 1.92 bits per heavy atom. The first-order chi connectivity index (χ1) is 18.0. The zero-order valence-corrected chi connectivity index (χ0v) is 20.3. The molecular formula is C27H27N5O5. The molecule has 0 saturated carbocycles. The van der Waals surface area contributed by atoms with Crippen molar-refractivity contribution < 1.29 is 19.4 Å². The van der Waals surface area contributed by atoms with Crippen LogP contribution in [0.15, 0.2) is 41.3 Å². The number of fused-ring (bicyclic) bond motifs is 1. The van der Waals surface area contributed by atoms with Crippen molar-refractivity contribution in [2.75, 3.05) is 32.8 Å². The molecule has 3 aliphatic heterocycles. The summed E-state index contributed by atoms with van der Waals surface area (Å²) in [6.07, 6.45) is 2.02. The Morgan fingerprint density at radius 3 is 2.68 bits per heavy atom. The molecule has 1 amide bonds. The monoisotopic (exact) mass is 501 g/mol. The molecule has 3 aliphatic rings. The van der Waals surface area contributed by atoms with Gasteiger partial charge in [-0.15, -0.1) is 0 Å². The third kappa shape index (κ3) is 4.25. The topological polar surface area (TPSA) is 121 Å². The van der Waals surface area contributed by atoms with Crippen molar-refractivity contribution in [2.24, 2.45) is 0 Å². The number of hydrogen-bond acceptors (Lipinski definition) is 7. The van der Waals surface area contributed by atoms with E-state index in [9.17, 15) is 20.0 Å². The zero-order chi connectivity index (χ0) is 25.5. The van der Waals surface area contributed by atoms with Gasteiger partial charge < -0.3 is 24.0 Å². The summed E-state index contributed by atoms with van der Waals surface area (Å²) in [5.41, 5.74) is 3.02. The molecule has 10 heteroatoms. The fourth-order valence-corrected chi connectivity index (χ4v) is 5.90. The molecule has 37 heavy (non-hydrogen) atoms. The molecule has 0 spiro atoms. The zero-order valence-electron chi connectivity index (χ0n) is 20.3. The molecule has 3 aromatic rings. The number of nitrogens with zero attached hydrogens (tertiary/aromatic N) is 5. The Kier molecular flexibility index (Phi) is 5.93. The minimum absolute atomic E-state index is 0.0440. The van der Waals surface area contributed by atoms with E-state index in [1.165, 1.54) is 4.90 Å². The first-order valence-corrected chi connectivity index (χ1v) is 12.5. The van der Waals surface area contributed by atoms with Crippen LogP contribution in [0.5, 0.6) is 11.5 Å². The highest BCUT2D eigenvalue weighted by molar-refractivity contribution is 5.86. The van der Waals surface area contributed by atoms with Crippen molar-refractivity contribution in [3.05, 3.63) is 63.7 Å². The van der Waals surface area contributed by atoms with E-state index in [-0.39, 0.29) is 24.1 Å². The van der Waals surface area contributed by atoms with Crippen molar-refractivity contribution in [3.63, 3.8) is 0 Å². The molecule has 2 aromatic heterocycles. The van der Waals surface area contributed by atoms with E-state index in [1.54, 1.807) is 22.9 Å². The number of likely N-dealkylation sites (tertiary alicyclic amines) is 1. The molecular weight excluding hydrogens is 474 g/mol. The van der Waals surface area contributed by atoms with Gasteiger partial charge in [-0.3, -0.25) is 14.7 Å². The Morgan fingerprint density at radius 1 is 1.16 bits per heavy atom. The molecule has 0 bridgehead atoms. The van der Waals surface area contributed by atoms with Crippen LogP contribution in [-0.4, -0.2) is 69.4 Å². The maximum atomic E-state index is 12.5. The van der Waals surface area contributed by atoms with Gasteiger partial charge in [0.15, 0.2) is 11.5 Å². The number of carboxylic acid groups (broad SMARTS) is 1. The van der Waals surface area contributed by atoms with Gasteiger partial charge in [0, 0.05) is 55.8 Å². The first-order valence-electron chi connectivity index (χ1n) is 12.5. The first kappa shape index (κ1) is 23.3. The van der Waals surface area contributed by atoms with Gasteiger partial charge in [0.05, 0.1) is 35.6 Å². The summed E-state index contributed by atoms with van der Waals surface area (Å²) in [5.74, 6) is 1.22. The van der Waals surface area contributed by atoms with Gasteiger partial charge in [-0.1, -0.05) is 6.07 Å². The van der Waals surface area contributed by atoms with E-state index < -0.39 is 6.09 Å². The second-order valence-electron chi connectivity index (χ2n) is 9.82. The fourth-order valence-electron chi connectivity index (χ4n) is 5.90. The summed E-state index contributed by atoms with van der Waals surface area (Å²) in [7, 11) is 0. The van der Waals surface area contributed by atoms with E-state index >= 15 is 0 Å². The number of amides is 1. The average Bonchev–Trinajstić information content (AvgIpc) is 3.30. The molecule has 1 atom stereocenters. The van der Waals surface area contributed by atoms with Crippen LogP contribution in [0.4, 0.5) is 4.79 Å². The van der Waals surface area contributed by atoms with Crippen molar-refractivity contribution in [2.45, 2.75) is 37.9 Å². The van der Waals surface area contributed by atoms with Gasteiger partial charge in [-0.25, -0.2) is 4.79 Å². The second-order valence-corrected chi connectivity index (χ2v) is 9.82. The normalized spacial score (nSPS) is 19.1. The number of piperidine rings is 1. The van der Waals surface area contributed by atoms with Crippen LogP contribution in [-0.2, 0) is 13.1 Å². The fraction of sp³-hybridized carbons (Fsp3) is 0.407. The number of nitriles is 1. The van der Waals surface area contributed by atoms with Crippen LogP contribution < -0.4 is 15.0 Å². The highest BCUT2D eigenvalue weighted by Crippen LogP contribution is 2.36. The number of ether oxygens (including phenoxy) is 2. The molecule has 1 N–H and O–H groups in total. The second kappa shape index (κ2) is 9.41. The van der Waals surface area contributed by atoms with Crippen molar-refractivity contribution in [1.29, 1.82) is 5.26 Å². The average molecular weight is 502 g/mol. The van der Waals surface area contributed by atoms with Gasteiger partial charge >= 0.3 is 6.09 Å². The van der Waals surface area contributed by atoms with E-state index in [0.717, 1.165) is 36.1 Å². The number of pyridine rings is 2. The van der Waals surface area contributed by atoms with Crippen LogP contribution in [0.3, 0.4) is 0 Å². The van der Waals surface area contributed by atoms with E-state index in [2.05, 4.69) is 16.0 Å². The summed E-state index contributed by atoms with van der Waals surface area (Å²) >= 11 is 0. The Labute approximate surface area is 213 Å². The summed E-state index contributed by atoms with van der Waals surface area (Å²) in [6.45, 7) is 3.88. The minimum atomic E-state index is -0.967. The van der Waals surface area contributed by atoms with Crippen molar-refractivity contribution in [3.8, 4) is 17.6 Å². The quantitative estimate of drug-likeness (QED) is 0.567. The van der Waals surface area contributed by atoms with Crippen LogP contribution in [0.2, 0.25) is 0 Å². The largest absolute Gasteiger partial charge is 0.486 e. The molecule has 1 aromatic carbocycles. The van der Waals surface area contributed by atoms with Gasteiger partial charge in [0.1, 0.15) is 13.2 Å². The maximum absolute atomic E-state index is 12.5. The third-order valence-electron chi connectivity index (χ3n) is 7.66. The smallest absolute Gasteiger partial charge is 0.407 e. The lowest BCUT2D eigenvalue weighted by Gasteiger charge is -2.38. The van der Waals surface area contributed by atoms with E-state index in [4.69, 9.17) is 9.47 Å². The molecule has 5 heterocycles. The highest BCUT2D eigenvalue weighted by Gasteiger charge is 2.33. The number of hydrogen-bond donors (Lipinski definition) is 1. The molecule has 1 saturated heterocycles. The van der Waals surface area contributed by atoms with Crippen LogP contribution in [0.1, 0.15) is 35.6 Å². The number of carbonyl (C=O) groups is 1. The summed E-state index contributed by atoms with van der Waals surface area (Å²) in [5, 5.41) is 20.7. The summed E-state index contributed by atoms with van der Waals surface area (Å²) < 4.78 is 12.9. The molecule has 6 rings (SSSR count). The van der Waals surface area contributed by atoms with Crippen LogP contribution in [0.25, 0.3) is 10.9 Å². The predicted molar refractivity (Wildman–Crippen MR) is 134 cm³/mol. The van der Waals surface area contributed by atoms with Crippen LogP contribution >= 0.6 is 0 Å². The Hall–Kier alpha value is -4.10. The minimum Gasteiger partial charge on any atom is -0.486 e. The standard InChI is InChI=1S/C27H27N5O5/c28-12-18-2-1-17-3-4-24(33)32-15-19(25(18)26(17)32)14-30-7-5-21(6-8-30)31(27(34)35)16-20-11-22-23(13-29-20)37-10-9-36-22/h1-4,11,13,19,21H,5-10,14-16H2,(H,34,35). The molecule has 0 aliphatic carbocycles. The molecule has 1 unspecified atom stereocenters. The highest BCUT2D eigenvalue weighted by atomic mass is 16.6. The van der Waals surface area contributed by atoms with E-state index in [1.807, 2.05) is 18.2 Å². The third-order valence-corrected chi connectivity index (χ3v) is 7.66. The summed E-state index contributed by atoms with van der Waals surface area (Å²) in [4.78, 5) is 32.9. The lowest BCUT2D eigenvalue weighted by Crippen LogP contribution is -2.47. The Balaban J connectivity index is 1.14. The van der Waals surface area contributed by atoms with Gasteiger partial charge in [-0.05, 0) is 30.4 Å². The van der Waals surface area contributed by atoms with Gasteiger partial charge in [0.2, 0.25) is 0 Å². The predicted octanol–water partition coefficient (Wildman–Crippen LogP) is 2.78. The SMILES string of the molecule is N#Cc1ccc2ccc(=O)n3c2c1C(CN1CCC(N(Cc2cc4c(cn2)OCCO4)C(=O)O)CC1)C3. The van der Waals surface area contributed by atoms with Crippen LogP contribution in [0, 0.1) is 11.3 Å². The molecule has 0 radical (unpaired) electrons.